The molecule has 0 aliphatic carbocycles. The second kappa shape index (κ2) is 9.13. The second-order valence-electron chi connectivity index (χ2n) is 7.74. The van der Waals surface area contributed by atoms with Crippen LogP contribution in [0.25, 0.3) is 11.3 Å². The van der Waals surface area contributed by atoms with E-state index in [4.69, 9.17) is 9.26 Å². The first-order chi connectivity index (χ1) is 15.4. The SMILES string of the molecule is COc1ccc(-c2cc(C(=O)Nc3ccc(S(=O)(=O)N4CCCCC4C)cc3)no2)cc1. The highest BCUT2D eigenvalue weighted by molar-refractivity contribution is 7.89. The summed E-state index contributed by atoms with van der Waals surface area (Å²) >= 11 is 0. The summed E-state index contributed by atoms with van der Waals surface area (Å²) in [6.45, 7) is 2.47. The Morgan fingerprint density at radius 3 is 2.50 bits per heavy atom. The van der Waals surface area contributed by atoms with E-state index in [0.717, 1.165) is 24.8 Å². The molecule has 1 aliphatic rings. The molecule has 1 N–H and O–H groups in total. The minimum Gasteiger partial charge on any atom is -0.497 e. The number of amides is 1. The maximum atomic E-state index is 12.9. The van der Waals surface area contributed by atoms with Crippen molar-refractivity contribution in [2.24, 2.45) is 0 Å². The van der Waals surface area contributed by atoms with Crippen molar-refractivity contribution < 1.29 is 22.5 Å². The largest absolute Gasteiger partial charge is 0.497 e. The van der Waals surface area contributed by atoms with Gasteiger partial charge in [-0.25, -0.2) is 8.42 Å². The first-order valence-corrected chi connectivity index (χ1v) is 11.9. The van der Waals surface area contributed by atoms with Crippen LogP contribution in [0.5, 0.6) is 5.75 Å². The molecule has 0 spiro atoms. The predicted octanol–water partition coefficient (Wildman–Crippen LogP) is 4.17. The lowest BCUT2D eigenvalue weighted by atomic mass is 10.1. The molecule has 1 amide bonds. The molecule has 4 rings (SSSR count). The number of hydrogen-bond donors (Lipinski definition) is 1. The second-order valence-corrected chi connectivity index (χ2v) is 9.63. The molecule has 2 heterocycles. The number of carbonyl (C=O) groups excluding carboxylic acids is 1. The van der Waals surface area contributed by atoms with Gasteiger partial charge in [-0.05, 0) is 68.3 Å². The molecule has 2 aromatic carbocycles. The van der Waals surface area contributed by atoms with Crippen molar-refractivity contribution in [2.45, 2.75) is 37.1 Å². The van der Waals surface area contributed by atoms with Gasteiger partial charge in [0.05, 0.1) is 12.0 Å². The van der Waals surface area contributed by atoms with Gasteiger partial charge in [0.25, 0.3) is 5.91 Å². The van der Waals surface area contributed by atoms with E-state index < -0.39 is 15.9 Å². The fourth-order valence-corrected chi connectivity index (χ4v) is 5.44. The number of ether oxygens (including phenoxy) is 1. The van der Waals surface area contributed by atoms with E-state index in [-0.39, 0.29) is 16.6 Å². The third-order valence-corrected chi connectivity index (χ3v) is 7.61. The van der Waals surface area contributed by atoms with E-state index in [2.05, 4.69) is 10.5 Å². The van der Waals surface area contributed by atoms with Gasteiger partial charge in [-0.2, -0.15) is 4.31 Å². The molecule has 8 nitrogen and oxygen atoms in total. The molecule has 1 unspecified atom stereocenters. The van der Waals surface area contributed by atoms with Gasteiger partial charge < -0.3 is 14.6 Å². The van der Waals surface area contributed by atoms with Crippen molar-refractivity contribution in [2.75, 3.05) is 19.0 Å². The molecular weight excluding hydrogens is 430 g/mol. The van der Waals surface area contributed by atoms with E-state index in [1.165, 1.54) is 12.1 Å². The van der Waals surface area contributed by atoms with Crippen LogP contribution in [0.3, 0.4) is 0 Å². The maximum Gasteiger partial charge on any atom is 0.277 e. The van der Waals surface area contributed by atoms with Crippen molar-refractivity contribution in [3.05, 3.63) is 60.3 Å². The summed E-state index contributed by atoms with van der Waals surface area (Å²) in [5.41, 5.74) is 1.35. The Labute approximate surface area is 187 Å². The first-order valence-electron chi connectivity index (χ1n) is 10.4. The molecule has 1 fully saturated rings. The van der Waals surface area contributed by atoms with Gasteiger partial charge in [0.15, 0.2) is 11.5 Å². The summed E-state index contributed by atoms with van der Waals surface area (Å²) in [6, 6.07) is 14.9. The standard InChI is InChI=1S/C23H25N3O5S/c1-16-5-3-4-14-26(16)32(28,29)20-12-8-18(9-13-20)24-23(27)21-15-22(31-25-21)17-6-10-19(30-2)11-7-17/h6-13,15-16H,3-5,14H2,1-2H3,(H,24,27). The number of aromatic nitrogens is 1. The maximum absolute atomic E-state index is 12.9. The van der Waals surface area contributed by atoms with Crippen LogP contribution in [0.1, 0.15) is 36.7 Å². The number of nitrogens with one attached hydrogen (secondary N) is 1. The average Bonchev–Trinajstić information content (AvgIpc) is 3.30. The average molecular weight is 456 g/mol. The van der Waals surface area contributed by atoms with Gasteiger partial charge >= 0.3 is 0 Å². The molecule has 1 aromatic heterocycles. The third-order valence-electron chi connectivity index (χ3n) is 5.58. The molecule has 1 saturated heterocycles. The quantitative estimate of drug-likeness (QED) is 0.599. The molecule has 0 radical (unpaired) electrons. The zero-order valence-corrected chi connectivity index (χ0v) is 18.8. The highest BCUT2D eigenvalue weighted by Crippen LogP contribution is 2.26. The van der Waals surface area contributed by atoms with Gasteiger partial charge in [-0.1, -0.05) is 11.6 Å². The van der Waals surface area contributed by atoms with Crippen LogP contribution in [-0.4, -0.2) is 43.5 Å². The van der Waals surface area contributed by atoms with Gasteiger partial charge in [0.2, 0.25) is 10.0 Å². The number of carbonyl (C=O) groups is 1. The Morgan fingerprint density at radius 2 is 1.84 bits per heavy atom. The lowest BCUT2D eigenvalue weighted by Crippen LogP contribution is -2.41. The number of benzene rings is 2. The highest BCUT2D eigenvalue weighted by Gasteiger charge is 2.30. The number of nitrogens with zero attached hydrogens (tertiary/aromatic N) is 2. The molecule has 3 aromatic rings. The van der Waals surface area contributed by atoms with Gasteiger partial charge in [-0.15, -0.1) is 0 Å². The molecule has 168 valence electrons. The highest BCUT2D eigenvalue weighted by atomic mass is 32.2. The number of piperidine rings is 1. The molecule has 1 atom stereocenters. The fraction of sp³-hybridized carbons (Fsp3) is 0.304. The summed E-state index contributed by atoms with van der Waals surface area (Å²) in [5, 5.41) is 6.56. The van der Waals surface area contributed by atoms with Crippen LogP contribution in [0, 0.1) is 0 Å². The lowest BCUT2D eigenvalue weighted by molar-refractivity contribution is 0.101. The van der Waals surface area contributed by atoms with Crippen LogP contribution >= 0.6 is 0 Å². The number of sulfonamides is 1. The molecule has 0 saturated carbocycles. The van der Waals surface area contributed by atoms with Crippen molar-refractivity contribution in [3.8, 4) is 17.1 Å². The van der Waals surface area contributed by atoms with Gasteiger partial charge in [0, 0.05) is 29.9 Å². The molecule has 1 aliphatic heterocycles. The normalized spacial score (nSPS) is 17.1. The summed E-state index contributed by atoms with van der Waals surface area (Å²) < 4.78 is 37.9. The van der Waals surface area contributed by atoms with E-state index in [1.54, 1.807) is 41.7 Å². The number of anilines is 1. The van der Waals surface area contributed by atoms with Gasteiger partial charge in [0.1, 0.15) is 5.75 Å². The van der Waals surface area contributed by atoms with Crippen LogP contribution in [0.4, 0.5) is 5.69 Å². The van der Waals surface area contributed by atoms with Crippen molar-refractivity contribution in [3.63, 3.8) is 0 Å². The van der Waals surface area contributed by atoms with E-state index in [9.17, 15) is 13.2 Å². The van der Waals surface area contributed by atoms with Crippen molar-refractivity contribution in [1.29, 1.82) is 0 Å². The summed E-state index contributed by atoms with van der Waals surface area (Å²) in [5.74, 6) is 0.718. The lowest BCUT2D eigenvalue weighted by Gasteiger charge is -2.32. The zero-order chi connectivity index (χ0) is 22.7. The number of rotatable bonds is 6. The Balaban J connectivity index is 1.44. The number of hydrogen-bond acceptors (Lipinski definition) is 6. The van der Waals surface area contributed by atoms with E-state index >= 15 is 0 Å². The minimum atomic E-state index is -3.56. The third kappa shape index (κ3) is 4.53. The van der Waals surface area contributed by atoms with Gasteiger partial charge in [-0.3, -0.25) is 4.79 Å². The van der Waals surface area contributed by atoms with Crippen molar-refractivity contribution in [1.82, 2.24) is 9.46 Å². The Morgan fingerprint density at radius 1 is 1.12 bits per heavy atom. The summed E-state index contributed by atoms with van der Waals surface area (Å²) in [7, 11) is -1.97. The number of methoxy groups -OCH3 is 1. The first kappa shape index (κ1) is 22.0. The molecule has 9 heteroatoms. The van der Waals surface area contributed by atoms with Crippen molar-refractivity contribution >= 4 is 21.6 Å². The van der Waals surface area contributed by atoms with Crippen LogP contribution in [-0.2, 0) is 10.0 Å². The molecule has 0 bridgehead atoms. The van der Waals surface area contributed by atoms with Crippen LogP contribution in [0.15, 0.2) is 64.0 Å². The van der Waals surface area contributed by atoms with E-state index in [0.29, 0.717) is 23.7 Å². The minimum absolute atomic E-state index is 0.0137. The van der Waals surface area contributed by atoms with Crippen LogP contribution in [0.2, 0.25) is 0 Å². The summed E-state index contributed by atoms with van der Waals surface area (Å²) in [4.78, 5) is 12.8. The predicted molar refractivity (Wildman–Crippen MR) is 120 cm³/mol. The Bertz CT molecular complexity index is 1190. The Kier molecular flexibility index (Phi) is 6.29. The zero-order valence-electron chi connectivity index (χ0n) is 17.9. The fourth-order valence-electron chi connectivity index (χ4n) is 3.74. The molecule has 32 heavy (non-hydrogen) atoms. The smallest absolute Gasteiger partial charge is 0.277 e. The molecular formula is C23H25N3O5S. The van der Waals surface area contributed by atoms with E-state index in [1.807, 2.05) is 19.1 Å². The Hall–Kier alpha value is -3.17. The van der Waals surface area contributed by atoms with Crippen LogP contribution < -0.4 is 10.1 Å². The summed E-state index contributed by atoms with van der Waals surface area (Å²) in [6.07, 6.45) is 2.78. The monoisotopic (exact) mass is 455 g/mol. The topological polar surface area (TPSA) is 102 Å².